The maximum atomic E-state index is 5.60. The third-order valence-electron chi connectivity index (χ3n) is 2.49. The van der Waals surface area contributed by atoms with Crippen LogP contribution in [0.15, 0.2) is 29.3 Å². The number of nitrogens with zero attached hydrogens (tertiary/aromatic N) is 1. The van der Waals surface area contributed by atoms with E-state index in [1.165, 1.54) is 5.56 Å². The summed E-state index contributed by atoms with van der Waals surface area (Å²) in [5.74, 6) is 3.20. The molecule has 1 aliphatic rings. The number of aliphatic imine (C=N–C) groups is 1. The highest BCUT2D eigenvalue weighted by atomic mass is 32.2. The topological polar surface area (TPSA) is 50.4 Å². The zero-order valence-corrected chi connectivity index (χ0v) is 10.1. The van der Waals surface area contributed by atoms with Gasteiger partial charge in [-0.3, -0.25) is 4.99 Å². The van der Waals surface area contributed by atoms with Crippen LogP contribution in [0.5, 0.6) is 0 Å². The Kier molecular flexibility index (Phi) is 4.25. The normalized spacial score (nSPS) is 15.7. The van der Waals surface area contributed by atoms with Crippen LogP contribution in [0.25, 0.3) is 0 Å². The average Bonchev–Trinajstić information content (AvgIpc) is 2.33. The number of benzene rings is 1. The molecule has 0 saturated carbocycles. The summed E-state index contributed by atoms with van der Waals surface area (Å²) in [6.45, 7) is 1.60. The molecule has 0 spiro atoms. The van der Waals surface area contributed by atoms with Crippen molar-refractivity contribution in [2.24, 2.45) is 10.7 Å². The first-order chi connectivity index (χ1) is 7.90. The van der Waals surface area contributed by atoms with Gasteiger partial charge in [-0.15, -0.1) is 0 Å². The van der Waals surface area contributed by atoms with Crippen molar-refractivity contribution in [2.45, 2.75) is 6.42 Å². The maximum absolute atomic E-state index is 5.60. The van der Waals surface area contributed by atoms with Crippen LogP contribution in [-0.2, 0) is 6.42 Å². The van der Waals surface area contributed by atoms with Crippen LogP contribution in [0.3, 0.4) is 0 Å². The molecule has 1 heterocycles. The van der Waals surface area contributed by atoms with E-state index in [0.717, 1.165) is 36.0 Å². The van der Waals surface area contributed by atoms with Crippen molar-refractivity contribution in [1.29, 1.82) is 0 Å². The zero-order valence-electron chi connectivity index (χ0n) is 9.28. The largest absolute Gasteiger partial charge is 0.343 e. The van der Waals surface area contributed by atoms with E-state index in [0.29, 0.717) is 6.54 Å². The molecule has 0 aliphatic carbocycles. The van der Waals surface area contributed by atoms with Gasteiger partial charge in [0.25, 0.3) is 0 Å². The molecular weight excluding hydrogens is 218 g/mol. The lowest BCUT2D eigenvalue weighted by molar-refractivity contribution is 0.970. The second-order valence-electron chi connectivity index (χ2n) is 3.70. The SMILES string of the molecule is NCCc1ccccc1NC1=NCCSC1. The van der Waals surface area contributed by atoms with Crippen molar-refractivity contribution in [3.8, 4) is 0 Å². The van der Waals surface area contributed by atoms with E-state index in [2.05, 4.69) is 22.4 Å². The Balaban J connectivity index is 2.10. The van der Waals surface area contributed by atoms with Crippen LogP contribution in [0.2, 0.25) is 0 Å². The lowest BCUT2D eigenvalue weighted by Gasteiger charge is -2.16. The van der Waals surface area contributed by atoms with Crippen molar-refractivity contribution in [3.63, 3.8) is 0 Å². The van der Waals surface area contributed by atoms with Gasteiger partial charge in [-0.05, 0) is 24.6 Å². The molecule has 0 unspecified atom stereocenters. The highest BCUT2D eigenvalue weighted by Gasteiger charge is 2.07. The summed E-state index contributed by atoms with van der Waals surface area (Å²) in [4.78, 5) is 4.48. The van der Waals surface area contributed by atoms with Crippen LogP contribution >= 0.6 is 11.8 Å². The molecule has 0 bridgehead atoms. The van der Waals surface area contributed by atoms with Gasteiger partial charge in [0, 0.05) is 11.4 Å². The number of rotatable bonds is 3. The second kappa shape index (κ2) is 5.92. The Morgan fingerprint density at radius 3 is 3.00 bits per heavy atom. The molecule has 1 aromatic rings. The average molecular weight is 235 g/mol. The van der Waals surface area contributed by atoms with E-state index >= 15 is 0 Å². The number of hydrogen-bond donors (Lipinski definition) is 2. The van der Waals surface area contributed by atoms with Crippen LogP contribution in [0.4, 0.5) is 5.69 Å². The standard InChI is InChI=1S/C12H17N3S/c13-6-5-10-3-1-2-4-11(10)15-12-9-16-8-7-14-12/h1-4H,5-9,13H2,(H,14,15). The molecule has 0 amide bonds. The number of anilines is 1. The molecule has 0 radical (unpaired) electrons. The minimum Gasteiger partial charge on any atom is -0.343 e. The highest BCUT2D eigenvalue weighted by molar-refractivity contribution is 8.00. The number of amidine groups is 1. The number of para-hydroxylation sites is 1. The van der Waals surface area contributed by atoms with Crippen LogP contribution < -0.4 is 11.1 Å². The predicted molar refractivity (Wildman–Crippen MR) is 72.5 cm³/mol. The van der Waals surface area contributed by atoms with E-state index < -0.39 is 0 Å². The molecule has 1 aromatic carbocycles. The van der Waals surface area contributed by atoms with E-state index in [1.54, 1.807) is 0 Å². The Labute approximate surface area is 101 Å². The fourth-order valence-electron chi connectivity index (χ4n) is 1.71. The van der Waals surface area contributed by atoms with Gasteiger partial charge < -0.3 is 11.1 Å². The molecule has 3 nitrogen and oxygen atoms in total. The fourth-order valence-corrected chi connectivity index (χ4v) is 2.43. The van der Waals surface area contributed by atoms with Crippen molar-refractivity contribution < 1.29 is 0 Å². The maximum Gasteiger partial charge on any atom is 0.111 e. The van der Waals surface area contributed by atoms with Crippen LogP contribution in [0.1, 0.15) is 5.56 Å². The lowest BCUT2D eigenvalue weighted by Crippen LogP contribution is -2.20. The molecule has 0 atom stereocenters. The summed E-state index contributed by atoms with van der Waals surface area (Å²) in [6.07, 6.45) is 0.906. The van der Waals surface area contributed by atoms with Gasteiger partial charge in [-0.1, -0.05) is 18.2 Å². The van der Waals surface area contributed by atoms with Crippen molar-refractivity contribution >= 4 is 23.3 Å². The number of nitrogens with two attached hydrogens (primary N) is 1. The highest BCUT2D eigenvalue weighted by Crippen LogP contribution is 2.17. The third kappa shape index (κ3) is 3.00. The molecule has 3 N–H and O–H groups in total. The molecule has 16 heavy (non-hydrogen) atoms. The van der Waals surface area contributed by atoms with E-state index in [-0.39, 0.29) is 0 Å². The summed E-state index contributed by atoms with van der Waals surface area (Å²) in [6, 6.07) is 8.30. The van der Waals surface area contributed by atoms with Gasteiger partial charge in [0.05, 0.1) is 12.3 Å². The fraction of sp³-hybridized carbons (Fsp3) is 0.417. The van der Waals surface area contributed by atoms with Gasteiger partial charge in [-0.2, -0.15) is 11.8 Å². The quantitative estimate of drug-likeness (QED) is 0.839. The first-order valence-corrected chi connectivity index (χ1v) is 6.71. The minimum atomic E-state index is 0.680. The van der Waals surface area contributed by atoms with E-state index in [4.69, 9.17) is 5.73 Å². The Hall–Kier alpha value is -1.000. The first kappa shape index (κ1) is 11.5. The van der Waals surface area contributed by atoms with Gasteiger partial charge in [0.2, 0.25) is 0 Å². The second-order valence-corrected chi connectivity index (χ2v) is 4.81. The Morgan fingerprint density at radius 2 is 2.25 bits per heavy atom. The van der Waals surface area contributed by atoms with Gasteiger partial charge in [0.15, 0.2) is 0 Å². The first-order valence-electron chi connectivity index (χ1n) is 5.56. The summed E-state index contributed by atoms with van der Waals surface area (Å²) in [5.41, 5.74) is 8.01. The third-order valence-corrected chi connectivity index (χ3v) is 3.44. The monoisotopic (exact) mass is 235 g/mol. The van der Waals surface area contributed by atoms with E-state index in [9.17, 15) is 0 Å². The Bertz CT molecular complexity index is 376. The summed E-state index contributed by atoms with van der Waals surface area (Å²) < 4.78 is 0. The van der Waals surface area contributed by atoms with Crippen molar-refractivity contribution in [3.05, 3.63) is 29.8 Å². The lowest BCUT2D eigenvalue weighted by atomic mass is 10.1. The number of nitrogens with one attached hydrogen (secondary N) is 1. The summed E-state index contributed by atoms with van der Waals surface area (Å²) >= 11 is 1.92. The molecule has 0 aromatic heterocycles. The van der Waals surface area contributed by atoms with Gasteiger partial charge in [-0.25, -0.2) is 0 Å². The zero-order chi connectivity index (χ0) is 11.2. The van der Waals surface area contributed by atoms with Gasteiger partial charge in [0.1, 0.15) is 5.84 Å². The smallest absolute Gasteiger partial charge is 0.111 e. The van der Waals surface area contributed by atoms with Crippen molar-refractivity contribution in [2.75, 3.05) is 29.9 Å². The minimum absolute atomic E-state index is 0.680. The molecule has 1 aliphatic heterocycles. The van der Waals surface area contributed by atoms with Crippen LogP contribution in [-0.4, -0.2) is 30.4 Å². The number of thioether (sulfide) groups is 1. The Morgan fingerprint density at radius 1 is 1.38 bits per heavy atom. The van der Waals surface area contributed by atoms with Gasteiger partial charge >= 0.3 is 0 Å². The molecule has 0 fully saturated rings. The predicted octanol–water partition coefficient (Wildman–Crippen LogP) is 1.74. The molecule has 86 valence electrons. The van der Waals surface area contributed by atoms with Crippen LogP contribution in [0, 0.1) is 0 Å². The van der Waals surface area contributed by atoms with E-state index in [1.807, 2.05) is 23.9 Å². The molecule has 4 heteroatoms. The number of hydrogen-bond acceptors (Lipinski definition) is 4. The molecule has 2 rings (SSSR count). The molecule has 0 saturated heterocycles. The summed E-state index contributed by atoms with van der Waals surface area (Å²) in [7, 11) is 0. The van der Waals surface area contributed by atoms with Crippen molar-refractivity contribution in [1.82, 2.24) is 0 Å². The molecular formula is C12H17N3S. The summed E-state index contributed by atoms with van der Waals surface area (Å²) in [5, 5.41) is 3.41.